The van der Waals surface area contributed by atoms with Crippen LogP contribution in [0.15, 0.2) is 18.2 Å². The highest BCUT2D eigenvalue weighted by Crippen LogP contribution is 2.23. The maximum absolute atomic E-state index is 12.4. The zero-order valence-corrected chi connectivity index (χ0v) is 14.8. The highest BCUT2D eigenvalue weighted by Gasteiger charge is 2.25. The van der Waals surface area contributed by atoms with Crippen molar-refractivity contribution < 1.29 is 4.79 Å². The van der Waals surface area contributed by atoms with Crippen LogP contribution in [0.3, 0.4) is 0 Å². The van der Waals surface area contributed by atoms with Crippen LogP contribution in [0.4, 0.5) is 0 Å². The number of piperazine rings is 1. The molecule has 0 radical (unpaired) electrons. The fourth-order valence-electron chi connectivity index (χ4n) is 2.91. The SMILES string of the molecule is CCC(CC)C(=O)N1CCN(Cc2ccc(Cl)cc2Cl)CC1. The molecule has 1 fully saturated rings. The number of carbonyl (C=O) groups excluding carboxylic acids is 1. The van der Waals surface area contributed by atoms with E-state index in [4.69, 9.17) is 23.2 Å². The molecule has 0 aromatic heterocycles. The average Bonchev–Trinajstić information content (AvgIpc) is 2.52. The molecular formula is C17H24Cl2N2O. The number of rotatable bonds is 5. The average molecular weight is 343 g/mol. The van der Waals surface area contributed by atoms with E-state index in [-0.39, 0.29) is 5.92 Å². The fraction of sp³-hybridized carbons (Fsp3) is 0.588. The van der Waals surface area contributed by atoms with Gasteiger partial charge in [-0.25, -0.2) is 0 Å². The third-order valence-electron chi connectivity index (χ3n) is 4.43. The molecule has 1 aliphatic heterocycles. The molecule has 0 bridgehead atoms. The number of carbonyl (C=O) groups is 1. The molecule has 1 aromatic rings. The van der Waals surface area contributed by atoms with Gasteiger partial charge in [-0.2, -0.15) is 0 Å². The molecule has 1 aromatic carbocycles. The predicted molar refractivity (Wildman–Crippen MR) is 92.4 cm³/mol. The van der Waals surface area contributed by atoms with Crippen LogP contribution in [0.25, 0.3) is 0 Å². The van der Waals surface area contributed by atoms with Crippen molar-refractivity contribution >= 4 is 29.1 Å². The maximum atomic E-state index is 12.4. The highest BCUT2D eigenvalue weighted by molar-refractivity contribution is 6.35. The lowest BCUT2D eigenvalue weighted by Gasteiger charge is -2.36. The van der Waals surface area contributed by atoms with E-state index in [9.17, 15) is 4.79 Å². The Hall–Kier alpha value is -0.770. The normalized spacial score (nSPS) is 16.3. The van der Waals surface area contributed by atoms with Crippen LogP contribution in [0, 0.1) is 5.92 Å². The quantitative estimate of drug-likeness (QED) is 0.804. The van der Waals surface area contributed by atoms with Gasteiger partial charge >= 0.3 is 0 Å². The van der Waals surface area contributed by atoms with E-state index in [0.29, 0.717) is 16.0 Å². The first kappa shape index (κ1) is 17.6. The highest BCUT2D eigenvalue weighted by atomic mass is 35.5. The molecule has 3 nitrogen and oxygen atoms in total. The van der Waals surface area contributed by atoms with Crippen LogP contribution in [-0.4, -0.2) is 41.9 Å². The Labute approximate surface area is 143 Å². The summed E-state index contributed by atoms with van der Waals surface area (Å²) in [7, 11) is 0. The number of hydrogen-bond acceptors (Lipinski definition) is 2. The number of amides is 1. The van der Waals surface area contributed by atoms with Crippen LogP contribution >= 0.6 is 23.2 Å². The lowest BCUT2D eigenvalue weighted by Crippen LogP contribution is -2.49. The van der Waals surface area contributed by atoms with E-state index in [1.807, 2.05) is 17.0 Å². The van der Waals surface area contributed by atoms with Gasteiger partial charge in [0.25, 0.3) is 0 Å². The summed E-state index contributed by atoms with van der Waals surface area (Å²) in [6.45, 7) is 8.38. The topological polar surface area (TPSA) is 23.6 Å². The summed E-state index contributed by atoms with van der Waals surface area (Å²) in [5.41, 5.74) is 1.09. The Morgan fingerprint density at radius 1 is 1.14 bits per heavy atom. The van der Waals surface area contributed by atoms with Crippen LogP contribution < -0.4 is 0 Å². The molecule has 0 atom stereocenters. The molecule has 122 valence electrons. The Balaban J connectivity index is 1.88. The first-order valence-electron chi connectivity index (χ1n) is 8.00. The molecule has 5 heteroatoms. The van der Waals surface area contributed by atoms with Crippen LogP contribution in [0.1, 0.15) is 32.3 Å². The van der Waals surface area contributed by atoms with Crippen LogP contribution in [0.2, 0.25) is 10.0 Å². The van der Waals surface area contributed by atoms with Crippen LogP contribution in [-0.2, 0) is 11.3 Å². The number of hydrogen-bond donors (Lipinski definition) is 0. The molecule has 2 rings (SSSR count). The van der Waals surface area contributed by atoms with Gasteiger partial charge in [0.05, 0.1) is 0 Å². The van der Waals surface area contributed by atoms with E-state index in [0.717, 1.165) is 51.1 Å². The molecule has 0 unspecified atom stereocenters. The van der Waals surface area contributed by atoms with E-state index >= 15 is 0 Å². The minimum Gasteiger partial charge on any atom is -0.340 e. The van der Waals surface area contributed by atoms with Crippen molar-refractivity contribution in [2.24, 2.45) is 5.92 Å². The van der Waals surface area contributed by atoms with Crippen molar-refractivity contribution in [1.29, 1.82) is 0 Å². The summed E-state index contributed by atoms with van der Waals surface area (Å²) in [5, 5.41) is 1.37. The Morgan fingerprint density at radius 2 is 1.77 bits per heavy atom. The summed E-state index contributed by atoms with van der Waals surface area (Å²) in [4.78, 5) is 16.7. The zero-order valence-electron chi connectivity index (χ0n) is 13.3. The van der Waals surface area contributed by atoms with E-state index < -0.39 is 0 Å². The summed E-state index contributed by atoms with van der Waals surface area (Å²) in [6.07, 6.45) is 1.85. The molecular weight excluding hydrogens is 319 g/mol. The lowest BCUT2D eigenvalue weighted by molar-refractivity contribution is -0.137. The molecule has 0 spiro atoms. The molecule has 1 amide bonds. The Kier molecular flexibility index (Phi) is 6.54. The van der Waals surface area contributed by atoms with Gasteiger partial charge in [-0.05, 0) is 30.5 Å². The molecule has 0 N–H and O–H groups in total. The maximum Gasteiger partial charge on any atom is 0.225 e. The third kappa shape index (κ3) is 4.37. The van der Waals surface area contributed by atoms with E-state index in [1.165, 1.54) is 0 Å². The first-order chi connectivity index (χ1) is 10.5. The van der Waals surface area contributed by atoms with Gasteiger partial charge in [0.15, 0.2) is 0 Å². The van der Waals surface area contributed by atoms with E-state index in [2.05, 4.69) is 18.7 Å². The van der Waals surface area contributed by atoms with Crippen LogP contribution in [0.5, 0.6) is 0 Å². The molecule has 1 heterocycles. The number of halogens is 2. The monoisotopic (exact) mass is 342 g/mol. The fourth-order valence-corrected chi connectivity index (χ4v) is 3.38. The number of benzene rings is 1. The molecule has 1 aliphatic rings. The van der Waals surface area contributed by atoms with Gasteiger partial charge in [0.1, 0.15) is 0 Å². The Bertz CT molecular complexity index is 509. The van der Waals surface area contributed by atoms with Gasteiger partial charge in [0, 0.05) is 48.7 Å². The van der Waals surface area contributed by atoms with Crippen molar-refractivity contribution in [3.63, 3.8) is 0 Å². The van der Waals surface area contributed by atoms with Gasteiger partial charge < -0.3 is 4.90 Å². The second-order valence-corrected chi connectivity index (χ2v) is 6.69. The first-order valence-corrected chi connectivity index (χ1v) is 8.75. The summed E-state index contributed by atoms with van der Waals surface area (Å²) in [6, 6.07) is 5.63. The second-order valence-electron chi connectivity index (χ2n) is 5.85. The zero-order chi connectivity index (χ0) is 16.1. The molecule has 0 saturated carbocycles. The summed E-state index contributed by atoms with van der Waals surface area (Å²) >= 11 is 12.2. The second kappa shape index (κ2) is 8.19. The summed E-state index contributed by atoms with van der Waals surface area (Å²) in [5.74, 6) is 0.492. The lowest BCUT2D eigenvalue weighted by atomic mass is 10.0. The summed E-state index contributed by atoms with van der Waals surface area (Å²) < 4.78 is 0. The van der Waals surface area contributed by atoms with Gasteiger partial charge in [0.2, 0.25) is 5.91 Å². The van der Waals surface area contributed by atoms with Crippen molar-refractivity contribution in [2.45, 2.75) is 33.2 Å². The van der Waals surface area contributed by atoms with Gasteiger partial charge in [-0.3, -0.25) is 9.69 Å². The standard InChI is InChI=1S/C17H24Cl2N2O/c1-3-13(4-2)17(22)21-9-7-20(8-10-21)12-14-5-6-15(18)11-16(14)19/h5-6,11,13H,3-4,7-10,12H2,1-2H3. The van der Waals surface area contributed by atoms with Crippen molar-refractivity contribution in [2.75, 3.05) is 26.2 Å². The van der Waals surface area contributed by atoms with Gasteiger partial charge in [-0.15, -0.1) is 0 Å². The Morgan fingerprint density at radius 3 is 2.32 bits per heavy atom. The smallest absolute Gasteiger partial charge is 0.225 e. The molecule has 0 aliphatic carbocycles. The minimum atomic E-state index is 0.178. The largest absolute Gasteiger partial charge is 0.340 e. The predicted octanol–water partition coefficient (Wildman–Crippen LogP) is 4.07. The van der Waals surface area contributed by atoms with Crippen molar-refractivity contribution in [3.05, 3.63) is 33.8 Å². The van der Waals surface area contributed by atoms with Crippen molar-refractivity contribution in [3.8, 4) is 0 Å². The molecule has 22 heavy (non-hydrogen) atoms. The minimum absolute atomic E-state index is 0.178. The van der Waals surface area contributed by atoms with Gasteiger partial charge in [-0.1, -0.05) is 43.1 Å². The third-order valence-corrected chi connectivity index (χ3v) is 5.01. The number of nitrogens with zero attached hydrogens (tertiary/aromatic N) is 2. The van der Waals surface area contributed by atoms with Crippen molar-refractivity contribution in [1.82, 2.24) is 9.80 Å². The molecule has 1 saturated heterocycles. The van der Waals surface area contributed by atoms with E-state index in [1.54, 1.807) is 6.07 Å².